The molecule has 0 aromatic rings. The van der Waals surface area contributed by atoms with Gasteiger partial charge in [0.2, 0.25) is 0 Å². The van der Waals surface area contributed by atoms with Crippen LogP contribution in [-0.2, 0) is 4.74 Å². The van der Waals surface area contributed by atoms with E-state index < -0.39 is 5.60 Å². The summed E-state index contributed by atoms with van der Waals surface area (Å²) >= 11 is 0. The van der Waals surface area contributed by atoms with Gasteiger partial charge in [0, 0.05) is 19.1 Å². The molecule has 0 bridgehead atoms. The van der Waals surface area contributed by atoms with Crippen LogP contribution >= 0.6 is 0 Å². The summed E-state index contributed by atoms with van der Waals surface area (Å²) in [5.41, 5.74) is -0.398. The third-order valence-electron chi connectivity index (χ3n) is 3.85. The molecule has 0 aromatic heterocycles. The number of ether oxygens (including phenoxy) is 1. The van der Waals surface area contributed by atoms with Gasteiger partial charge in [-0.2, -0.15) is 0 Å². The van der Waals surface area contributed by atoms with Crippen molar-refractivity contribution in [1.82, 2.24) is 4.90 Å². The van der Waals surface area contributed by atoms with Crippen LogP contribution in [0.3, 0.4) is 0 Å². The van der Waals surface area contributed by atoms with Gasteiger partial charge in [0.25, 0.3) is 0 Å². The largest absolute Gasteiger partial charge is 0.389 e. The molecule has 1 heterocycles. The Labute approximate surface area is 92.4 Å². The predicted molar refractivity (Wildman–Crippen MR) is 59.9 cm³/mol. The van der Waals surface area contributed by atoms with Crippen molar-refractivity contribution < 1.29 is 9.84 Å². The van der Waals surface area contributed by atoms with Crippen molar-refractivity contribution in [3.63, 3.8) is 0 Å². The van der Waals surface area contributed by atoms with Crippen molar-refractivity contribution in [2.75, 3.05) is 26.3 Å². The molecular weight excluding hydrogens is 190 g/mol. The molecule has 1 atom stereocenters. The van der Waals surface area contributed by atoms with Crippen molar-refractivity contribution in [2.45, 2.75) is 50.7 Å². The molecule has 1 saturated carbocycles. The van der Waals surface area contributed by atoms with Crippen LogP contribution in [0.5, 0.6) is 0 Å². The summed E-state index contributed by atoms with van der Waals surface area (Å²) in [6.07, 6.45) is 5.48. The van der Waals surface area contributed by atoms with Crippen LogP contribution in [0.25, 0.3) is 0 Å². The van der Waals surface area contributed by atoms with E-state index in [4.69, 9.17) is 4.74 Å². The van der Waals surface area contributed by atoms with Gasteiger partial charge >= 0.3 is 0 Å². The number of nitrogens with zero attached hydrogens (tertiary/aromatic N) is 1. The van der Waals surface area contributed by atoms with Crippen molar-refractivity contribution in [3.8, 4) is 0 Å². The topological polar surface area (TPSA) is 32.7 Å². The normalized spacial score (nSPS) is 32.0. The molecule has 2 rings (SSSR count). The Morgan fingerprint density at radius 2 is 2.13 bits per heavy atom. The standard InChI is InChI=1S/C12H23NO2/c1-2-11-9-15-8-7-13(11)10-12(14)5-3-4-6-12/h11,14H,2-10H2,1H3. The molecule has 88 valence electrons. The van der Waals surface area contributed by atoms with Gasteiger partial charge in [-0.05, 0) is 19.3 Å². The molecule has 0 amide bonds. The maximum Gasteiger partial charge on any atom is 0.0774 e. The zero-order chi connectivity index (χ0) is 10.7. The van der Waals surface area contributed by atoms with Gasteiger partial charge in [-0.3, -0.25) is 4.90 Å². The highest BCUT2D eigenvalue weighted by Gasteiger charge is 2.35. The van der Waals surface area contributed by atoms with Crippen molar-refractivity contribution >= 4 is 0 Å². The van der Waals surface area contributed by atoms with Crippen LogP contribution < -0.4 is 0 Å². The summed E-state index contributed by atoms with van der Waals surface area (Å²) in [5, 5.41) is 10.4. The molecule has 2 aliphatic rings. The second-order valence-electron chi connectivity index (χ2n) is 5.04. The molecule has 3 heteroatoms. The van der Waals surface area contributed by atoms with E-state index in [0.717, 1.165) is 45.6 Å². The van der Waals surface area contributed by atoms with E-state index >= 15 is 0 Å². The summed E-state index contributed by atoms with van der Waals surface area (Å²) in [5.74, 6) is 0. The Bertz CT molecular complexity index is 202. The van der Waals surface area contributed by atoms with E-state index in [0.29, 0.717) is 6.04 Å². The third kappa shape index (κ3) is 2.71. The fraction of sp³-hybridized carbons (Fsp3) is 1.00. The summed E-state index contributed by atoms with van der Waals surface area (Å²) in [6, 6.07) is 0.517. The first-order valence-electron chi connectivity index (χ1n) is 6.28. The number of hydrogen-bond acceptors (Lipinski definition) is 3. The second kappa shape index (κ2) is 4.81. The number of hydrogen-bond donors (Lipinski definition) is 1. The number of morpholine rings is 1. The number of aliphatic hydroxyl groups is 1. The van der Waals surface area contributed by atoms with Crippen molar-refractivity contribution in [2.24, 2.45) is 0 Å². The molecule has 15 heavy (non-hydrogen) atoms. The zero-order valence-corrected chi connectivity index (χ0v) is 9.74. The lowest BCUT2D eigenvalue weighted by atomic mass is 10.00. The van der Waals surface area contributed by atoms with Gasteiger partial charge in [0.05, 0.1) is 18.8 Å². The van der Waals surface area contributed by atoms with Gasteiger partial charge in [-0.1, -0.05) is 19.8 Å². The van der Waals surface area contributed by atoms with Crippen molar-refractivity contribution in [1.29, 1.82) is 0 Å². The van der Waals surface area contributed by atoms with E-state index in [-0.39, 0.29) is 0 Å². The fourth-order valence-corrected chi connectivity index (χ4v) is 2.84. The number of rotatable bonds is 3. The Hall–Kier alpha value is -0.120. The first-order chi connectivity index (χ1) is 7.23. The predicted octanol–water partition coefficient (Wildman–Crippen LogP) is 1.40. The van der Waals surface area contributed by atoms with E-state index in [1.54, 1.807) is 0 Å². The summed E-state index contributed by atoms with van der Waals surface area (Å²) in [4.78, 5) is 2.43. The summed E-state index contributed by atoms with van der Waals surface area (Å²) in [6.45, 7) is 5.71. The van der Waals surface area contributed by atoms with Crippen LogP contribution in [0, 0.1) is 0 Å². The summed E-state index contributed by atoms with van der Waals surface area (Å²) < 4.78 is 5.48. The average molecular weight is 213 g/mol. The van der Waals surface area contributed by atoms with Crippen LogP contribution in [0.4, 0.5) is 0 Å². The second-order valence-corrected chi connectivity index (χ2v) is 5.04. The highest BCUT2D eigenvalue weighted by atomic mass is 16.5. The smallest absolute Gasteiger partial charge is 0.0774 e. The van der Waals surface area contributed by atoms with Gasteiger partial charge in [-0.15, -0.1) is 0 Å². The summed E-state index contributed by atoms with van der Waals surface area (Å²) in [7, 11) is 0. The molecular formula is C12H23NO2. The van der Waals surface area contributed by atoms with Crippen LogP contribution in [0.1, 0.15) is 39.0 Å². The minimum atomic E-state index is -0.398. The monoisotopic (exact) mass is 213 g/mol. The maximum atomic E-state index is 10.4. The SMILES string of the molecule is CCC1COCCN1CC1(O)CCCC1. The molecule has 1 aliphatic carbocycles. The lowest BCUT2D eigenvalue weighted by Gasteiger charge is -2.39. The van der Waals surface area contributed by atoms with E-state index in [1.165, 1.54) is 12.8 Å². The molecule has 0 spiro atoms. The third-order valence-corrected chi connectivity index (χ3v) is 3.85. The van der Waals surface area contributed by atoms with Gasteiger partial charge in [0.1, 0.15) is 0 Å². The van der Waals surface area contributed by atoms with Crippen molar-refractivity contribution in [3.05, 3.63) is 0 Å². The van der Waals surface area contributed by atoms with Crippen LogP contribution in [0.2, 0.25) is 0 Å². The maximum absolute atomic E-state index is 10.4. The Balaban J connectivity index is 1.90. The first-order valence-corrected chi connectivity index (χ1v) is 6.28. The van der Waals surface area contributed by atoms with Crippen LogP contribution in [-0.4, -0.2) is 48.0 Å². The zero-order valence-electron chi connectivity index (χ0n) is 9.74. The quantitative estimate of drug-likeness (QED) is 0.769. The molecule has 1 aliphatic heterocycles. The Kier molecular flexibility index (Phi) is 3.65. The molecule has 0 aromatic carbocycles. The Morgan fingerprint density at radius 1 is 1.40 bits per heavy atom. The Morgan fingerprint density at radius 3 is 2.80 bits per heavy atom. The molecule has 1 unspecified atom stereocenters. The van der Waals surface area contributed by atoms with E-state index in [1.807, 2.05) is 0 Å². The minimum Gasteiger partial charge on any atom is -0.389 e. The molecule has 0 radical (unpaired) electrons. The van der Waals surface area contributed by atoms with E-state index in [2.05, 4.69) is 11.8 Å². The minimum absolute atomic E-state index is 0.398. The fourth-order valence-electron chi connectivity index (χ4n) is 2.84. The van der Waals surface area contributed by atoms with E-state index in [9.17, 15) is 5.11 Å². The van der Waals surface area contributed by atoms with Gasteiger partial charge in [0.15, 0.2) is 0 Å². The first kappa shape index (κ1) is 11.4. The van der Waals surface area contributed by atoms with Gasteiger partial charge in [-0.25, -0.2) is 0 Å². The van der Waals surface area contributed by atoms with Crippen LogP contribution in [0.15, 0.2) is 0 Å². The lowest BCUT2D eigenvalue weighted by Crippen LogP contribution is -2.51. The molecule has 1 saturated heterocycles. The number of β-amino-alcohol motifs (C(OH)–C–C–N with tert-alkyl or cyclic N) is 1. The highest BCUT2D eigenvalue weighted by molar-refractivity contribution is 4.89. The average Bonchev–Trinajstić information content (AvgIpc) is 2.66. The molecule has 1 N–H and O–H groups in total. The molecule has 3 nitrogen and oxygen atoms in total. The van der Waals surface area contributed by atoms with Gasteiger partial charge < -0.3 is 9.84 Å². The molecule has 2 fully saturated rings. The lowest BCUT2D eigenvalue weighted by molar-refractivity contribution is -0.0580. The highest BCUT2D eigenvalue weighted by Crippen LogP contribution is 2.31.